The molecule has 0 bridgehead atoms. The first-order valence-electron chi connectivity index (χ1n) is 8.93. The zero-order valence-electron chi connectivity index (χ0n) is 16.6. The van der Waals surface area contributed by atoms with E-state index in [1.165, 1.54) is 0 Å². The van der Waals surface area contributed by atoms with Crippen LogP contribution in [0, 0.1) is 26.2 Å². The third kappa shape index (κ3) is 4.05. The molecule has 0 amide bonds. The summed E-state index contributed by atoms with van der Waals surface area (Å²) in [6.07, 6.45) is 7.19. The van der Waals surface area contributed by atoms with Gasteiger partial charge in [0.2, 0.25) is 5.89 Å². The van der Waals surface area contributed by atoms with Gasteiger partial charge in [0.25, 0.3) is 0 Å². The molecule has 146 valence electrons. The summed E-state index contributed by atoms with van der Waals surface area (Å²) < 4.78 is 22.3. The fourth-order valence-electron chi connectivity index (χ4n) is 3.15. The van der Waals surface area contributed by atoms with Gasteiger partial charge >= 0.3 is 0 Å². The summed E-state index contributed by atoms with van der Waals surface area (Å²) in [5, 5.41) is 0. The Balaban J connectivity index is 1.88. The minimum Gasteiger partial charge on any atom is -0.496 e. The predicted molar refractivity (Wildman–Crippen MR) is 106 cm³/mol. The van der Waals surface area contributed by atoms with Crippen LogP contribution in [0.2, 0.25) is 0 Å². The highest BCUT2D eigenvalue weighted by molar-refractivity contribution is 5.68. The SMILES string of the molecule is C#CCN(Cc1ccco1)Cc1nc(-c2ccc(OC)c(C)c2OC)oc1C. The average Bonchev–Trinajstić information content (AvgIpc) is 3.31. The van der Waals surface area contributed by atoms with Crippen molar-refractivity contribution in [1.29, 1.82) is 0 Å². The minimum atomic E-state index is 0.479. The van der Waals surface area contributed by atoms with Crippen LogP contribution in [0.4, 0.5) is 0 Å². The summed E-state index contributed by atoms with van der Waals surface area (Å²) in [5.41, 5.74) is 2.50. The van der Waals surface area contributed by atoms with Crippen LogP contribution < -0.4 is 9.47 Å². The Morgan fingerprint density at radius 3 is 2.61 bits per heavy atom. The van der Waals surface area contributed by atoms with E-state index in [1.54, 1.807) is 20.5 Å². The summed E-state index contributed by atoms with van der Waals surface area (Å²) in [6, 6.07) is 7.56. The van der Waals surface area contributed by atoms with E-state index >= 15 is 0 Å². The Morgan fingerprint density at radius 1 is 1.14 bits per heavy atom. The van der Waals surface area contributed by atoms with Gasteiger partial charge in [0.1, 0.15) is 23.0 Å². The molecular weight excluding hydrogens is 356 g/mol. The normalized spacial score (nSPS) is 10.9. The Hall–Kier alpha value is -3.17. The molecule has 2 heterocycles. The molecule has 3 aromatic rings. The molecule has 0 saturated carbocycles. The van der Waals surface area contributed by atoms with Crippen LogP contribution in [-0.4, -0.2) is 30.6 Å². The molecule has 0 N–H and O–H groups in total. The Kier molecular flexibility index (Phi) is 6.07. The van der Waals surface area contributed by atoms with Gasteiger partial charge < -0.3 is 18.3 Å². The van der Waals surface area contributed by atoms with Gasteiger partial charge in [-0.25, -0.2) is 4.98 Å². The van der Waals surface area contributed by atoms with E-state index in [0.717, 1.165) is 34.1 Å². The lowest BCUT2D eigenvalue weighted by atomic mass is 10.1. The molecule has 6 heteroatoms. The summed E-state index contributed by atoms with van der Waals surface area (Å²) in [7, 11) is 3.26. The Bertz CT molecular complexity index is 967. The van der Waals surface area contributed by atoms with Gasteiger partial charge in [0, 0.05) is 12.1 Å². The number of ether oxygens (including phenoxy) is 2. The molecule has 0 fully saturated rings. The van der Waals surface area contributed by atoms with Gasteiger partial charge in [-0.15, -0.1) is 6.42 Å². The molecule has 0 unspecified atom stereocenters. The third-order valence-electron chi connectivity index (χ3n) is 4.55. The van der Waals surface area contributed by atoms with Gasteiger partial charge in [0.15, 0.2) is 0 Å². The first-order valence-corrected chi connectivity index (χ1v) is 8.93. The molecule has 28 heavy (non-hydrogen) atoms. The van der Waals surface area contributed by atoms with Crippen LogP contribution in [-0.2, 0) is 13.1 Å². The number of aryl methyl sites for hydroxylation is 1. The molecule has 0 aliphatic rings. The number of oxazole rings is 1. The van der Waals surface area contributed by atoms with Crippen molar-refractivity contribution in [2.75, 3.05) is 20.8 Å². The maximum absolute atomic E-state index is 5.95. The smallest absolute Gasteiger partial charge is 0.230 e. The highest BCUT2D eigenvalue weighted by Crippen LogP contribution is 2.38. The second kappa shape index (κ2) is 8.68. The number of terminal acetylenes is 1. The molecule has 0 spiro atoms. The standard InChI is InChI=1S/C22H24N2O4/c1-6-11-24(13-17-8-7-12-27-17)14-19-16(3)28-22(23-19)18-9-10-20(25-4)15(2)21(18)26-5/h1,7-10,12H,11,13-14H2,2-5H3. The summed E-state index contributed by atoms with van der Waals surface area (Å²) >= 11 is 0. The monoisotopic (exact) mass is 380 g/mol. The van der Waals surface area contributed by atoms with Gasteiger partial charge in [-0.2, -0.15) is 0 Å². The molecule has 3 rings (SSSR count). The van der Waals surface area contributed by atoms with Crippen LogP contribution >= 0.6 is 0 Å². The van der Waals surface area contributed by atoms with E-state index < -0.39 is 0 Å². The molecule has 0 saturated heterocycles. The van der Waals surface area contributed by atoms with Gasteiger partial charge in [0.05, 0.1) is 44.8 Å². The van der Waals surface area contributed by atoms with Crippen molar-refractivity contribution in [2.45, 2.75) is 26.9 Å². The average molecular weight is 380 g/mol. The lowest BCUT2D eigenvalue weighted by molar-refractivity contribution is 0.260. The molecule has 0 aliphatic carbocycles. The zero-order chi connectivity index (χ0) is 20.1. The summed E-state index contributed by atoms with van der Waals surface area (Å²) in [5.74, 6) is 6.23. The molecular formula is C22H24N2O4. The third-order valence-corrected chi connectivity index (χ3v) is 4.55. The number of benzene rings is 1. The van der Waals surface area contributed by atoms with Crippen molar-refractivity contribution in [3.05, 3.63) is 53.3 Å². The van der Waals surface area contributed by atoms with Crippen molar-refractivity contribution in [1.82, 2.24) is 9.88 Å². The number of hydrogen-bond donors (Lipinski definition) is 0. The predicted octanol–water partition coefficient (Wildman–Crippen LogP) is 4.20. The van der Waals surface area contributed by atoms with E-state index in [4.69, 9.17) is 29.7 Å². The fraction of sp³-hybridized carbons (Fsp3) is 0.318. The number of aromatic nitrogens is 1. The number of hydrogen-bond acceptors (Lipinski definition) is 6. The van der Waals surface area contributed by atoms with Gasteiger partial charge in [-0.1, -0.05) is 5.92 Å². The first-order chi connectivity index (χ1) is 13.6. The second-order valence-corrected chi connectivity index (χ2v) is 6.42. The molecule has 6 nitrogen and oxygen atoms in total. The minimum absolute atomic E-state index is 0.479. The van der Waals surface area contributed by atoms with E-state index in [-0.39, 0.29) is 0 Å². The van der Waals surface area contributed by atoms with E-state index in [1.807, 2.05) is 38.1 Å². The topological polar surface area (TPSA) is 60.9 Å². The van der Waals surface area contributed by atoms with Crippen molar-refractivity contribution in [3.63, 3.8) is 0 Å². The second-order valence-electron chi connectivity index (χ2n) is 6.42. The van der Waals surface area contributed by atoms with Crippen LogP contribution in [0.5, 0.6) is 11.5 Å². The van der Waals surface area contributed by atoms with Crippen LogP contribution in [0.25, 0.3) is 11.5 Å². The van der Waals surface area contributed by atoms with Crippen LogP contribution in [0.3, 0.4) is 0 Å². The number of furan rings is 1. The van der Waals surface area contributed by atoms with Crippen LogP contribution in [0.15, 0.2) is 39.4 Å². The molecule has 0 radical (unpaired) electrons. The Labute approximate surface area is 165 Å². The maximum atomic E-state index is 5.95. The van der Waals surface area contributed by atoms with Crippen molar-refractivity contribution < 1.29 is 18.3 Å². The van der Waals surface area contributed by atoms with E-state index in [2.05, 4.69) is 10.8 Å². The van der Waals surface area contributed by atoms with Gasteiger partial charge in [-0.3, -0.25) is 4.90 Å². The van der Waals surface area contributed by atoms with E-state index in [0.29, 0.717) is 31.3 Å². The lowest BCUT2D eigenvalue weighted by Gasteiger charge is -2.17. The molecule has 2 aromatic heterocycles. The number of nitrogens with zero attached hydrogens (tertiary/aromatic N) is 2. The van der Waals surface area contributed by atoms with Gasteiger partial charge in [-0.05, 0) is 38.1 Å². The highest BCUT2D eigenvalue weighted by atomic mass is 16.5. The Morgan fingerprint density at radius 2 is 1.96 bits per heavy atom. The number of rotatable bonds is 8. The zero-order valence-corrected chi connectivity index (χ0v) is 16.6. The largest absolute Gasteiger partial charge is 0.496 e. The number of methoxy groups -OCH3 is 2. The van der Waals surface area contributed by atoms with Crippen molar-refractivity contribution in [2.24, 2.45) is 0 Å². The quantitative estimate of drug-likeness (QED) is 0.546. The lowest BCUT2D eigenvalue weighted by Crippen LogP contribution is -2.23. The van der Waals surface area contributed by atoms with Crippen molar-refractivity contribution >= 4 is 0 Å². The summed E-state index contributed by atoms with van der Waals surface area (Å²) in [6.45, 7) is 5.47. The van der Waals surface area contributed by atoms with Crippen molar-refractivity contribution in [3.8, 4) is 35.3 Å². The fourth-order valence-corrected chi connectivity index (χ4v) is 3.15. The maximum Gasteiger partial charge on any atom is 0.230 e. The molecule has 1 aromatic carbocycles. The van der Waals surface area contributed by atoms with Crippen LogP contribution in [0.1, 0.15) is 22.8 Å². The molecule has 0 aliphatic heterocycles. The van der Waals surface area contributed by atoms with E-state index in [9.17, 15) is 0 Å². The molecule has 0 atom stereocenters. The highest BCUT2D eigenvalue weighted by Gasteiger charge is 2.20. The first kappa shape index (κ1) is 19.6. The summed E-state index contributed by atoms with van der Waals surface area (Å²) in [4.78, 5) is 6.78.